The van der Waals surface area contributed by atoms with Gasteiger partial charge in [-0.1, -0.05) is 75.6 Å². The van der Waals surface area contributed by atoms with E-state index in [9.17, 15) is 19.2 Å². The Bertz CT molecular complexity index is 3550. The fourth-order valence-corrected chi connectivity index (χ4v) is 12.6. The molecule has 20 nitrogen and oxygen atoms in total. The first-order chi connectivity index (χ1) is 46.9. The Morgan fingerprint density at radius 2 is 0.438 bits per heavy atom. The number of methoxy groups -OCH3 is 4. The van der Waals surface area contributed by atoms with Gasteiger partial charge in [0.25, 0.3) is 0 Å². The van der Waals surface area contributed by atoms with Gasteiger partial charge in [0.1, 0.15) is 46.0 Å². The van der Waals surface area contributed by atoms with Crippen LogP contribution < -0.4 is 80.4 Å². The number of amides is 8. The number of ether oxygens (including phenoxy) is 8. The third kappa shape index (κ3) is 18.3. The van der Waals surface area contributed by atoms with Gasteiger partial charge in [0, 0.05) is 140 Å². The average molecular weight is 1300 g/mol. The van der Waals surface area contributed by atoms with Crippen LogP contribution in [0, 0.1) is 0 Å². The molecule has 0 spiro atoms. The van der Waals surface area contributed by atoms with Crippen molar-refractivity contribution < 1.29 is 57.1 Å². The normalized spacial score (nSPS) is 15.5. The number of anilines is 8. The molecule has 96 heavy (non-hydrogen) atoms. The van der Waals surface area contributed by atoms with E-state index >= 15 is 0 Å². The van der Waals surface area contributed by atoms with E-state index in [2.05, 4.69) is 42.5 Å². The molecule has 8 aromatic carbocycles. The highest BCUT2D eigenvalue weighted by atomic mass is 16.5. The lowest BCUT2D eigenvalue weighted by Gasteiger charge is -2.23. The summed E-state index contributed by atoms with van der Waals surface area (Å²) in [6, 6.07) is 42.1. The van der Waals surface area contributed by atoms with Crippen LogP contribution >= 0.6 is 0 Å². The Balaban J connectivity index is 1.05. The maximum Gasteiger partial charge on any atom is 0.323 e. The Kier molecular flexibility index (Phi) is 22.8. The summed E-state index contributed by atoms with van der Waals surface area (Å²) < 4.78 is 50.4. The zero-order chi connectivity index (χ0) is 66.6. The quantitative estimate of drug-likeness (QED) is 0.0821. The summed E-state index contributed by atoms with van der Waals surface area (Å²) in [5.74, 6) is 4.53. The van der Waals surface area contributed by atoms with E-state index in [4.69, 9.17) is 37.9 Å². The van der Waals surface area contributed by atoms with E-state index in [1.165, 1.54) is 0 Å². The molecule has 20 heteroatoms. The third-order valence-corrected chi connectivity index (χ3v) is 16.9. The van der Waals surface area contributed by atoms with Crippen molar-refractivity contribution in [1.29, 1.82) is 0 Å². The SMILES string of the molecule is COc1c2cc3cc1Cc1cc4cc(c1OC)Cc1cc(cc(c1OC)Cc1cc(cc(c1OC)C2)NC(=O)Nc1cccc(c1)OCCCCCCCCOc1cccc(c1)NC(=O)N3)NC(=O)Nc1cccc(c1)OCCCCCCCCOc1cccc(c1)NC(=O)N4. The Labute approximate surface area is 560 Å². The van der Waals surface area contributed by atoms with E-state index in [-0.39, 0.29) is 25.7 Å². The Morgan fingerprint density at radius 1 is 0.250 bits per heavy atom. The van der Waals surface area contributed by atoms with Crippen LogP contribution in [0.15, 0.2) is 146 Å². The molecule has 0 atom stereocenters. The van der Waals surface area contributed by atoms with Crippen molar-refractivity contribution in [2.75, 3.05) is 97.4 Å². The lowest BCUT2D eigenvalue weighted by molar-refractivity contribution is 0.261. The second-order valence-electron chi connectivity index (χ2n) is 24.1. The van der Waals surface area contributed by atoms with Crippen LogP contribution in [0.2, 0.25) is 0 Å². The molecule has 8 amide bonds. The largest absolute Gasteiger partial charge is 0.496 e. The van der Waals surface area contributed by atoms with E-state index < -0.39 is 24.1 Å². The molecule has 0 saturated heterocycles. The van der Waals surface area contributed by atoms with Crippen molar-refractivity contribution in [2.45, 2.75) is 103 Å². The van der Waals surface area contributed by atoms with Crippen LogP contribution in [0.4, 0.5) is 64.7 Å². The second-order valence-corrected chi connectivity index (χ2v) is 24.1. The molecule has 8 aromatic rings. The van der Waals surface area contributed by atoms with Crippen molar-refractivity contribution >= 4 is 69.6 Å². The highest BCUT2D eigenvalue weighted by molar-refractivity contribution is 6.02. The smallest absolute Gasteiger partial charge is 0.323 e. The summed E-state index contributed by atoms with van der Waals surface area (Å²) in [4.78, 5) is 57.2. The van der Waals surface area contributed by atoms with Crippen molar-refractivity contribution in [1.82, 2.24) is 0 Å². The van der Waals surface area contributed by atoms with Crippen LogP contribution in [0.5, 0.6) is 46.0 Å². The topological polar surface area (TPSA) is 238 Å². The van der Waals surface area contributed by atoms with Crippen LogP contribution in [-0.4, -0.2) is 79.0 Å². The summed E-state index contributed by atoms with van der Waals surface area (Å²) >= 11 is 0. The monoisotopic (exact) mass is 1300 g/mol. The molecule has 2 aliphatic heterocycles. The number of rotatable bonds is 4. The van der Waals surface area contributed by atoms with Gasteiger partial charge >= 0.3 is 24.1 Å². The van der Waals surface area contributed by atoms with Gasteiger partial charge in [-0.05, 0) is 123 Å². The zero-order valence-electron chi connectivity index (χ0n) is 54.9. The summed E-state index contributed by atoms with van der Waals surface area (Å²) in [6.07, 6.45) is 12.4. The minimum absolute atomic E-state index is 0.145. The summed E-state index contributed by atoms with van der Waals surface area (Å²) in [6.45, 7) is 2.12. The number of benzene rings is 8. The third-order valence-electron chi connectivity index (χ3n) is 16.9. The fourth-order valence-electron chi connectivity index (χ4n) is 12.6. The number of nitrogens with one attached hydrogen (secondary N) is 8. The molecule has 0 fully saturated rings. The minimum atomic E-state index is -0.506. The number of carbonyl (C=O) groups excluding carboxylic acids is 4. The van der Waals surface area contributed by atoms with Gasteiger partial charge in [-0.2, -0.15) is 0 Å². The molecule has 20 bridgehead atoms. The molecule has 11 rings (SSSR count). The van der Waals surface area contributed by atoms with Crippen molar-refractivity contribution in [2.24, 2.45) is 0 Å². The standard InChI is InChI=1S/C76H84N8O12/c1-89-69-49-33-50-38-62-43-55(70(50)90-2)36-56-44-64-40-52(72(56)92-4)34-51-39-63(83-75(87)79-59-23-19-27-67(47-59)95-31-15-11-7-8-12-16-32-96-68-28-20-24-60(48-68)80-76(88)84-64)42-54(71(51)91-3)35-53(69)41-61(37-49)81-73(85)77-57-21-17-25-65(45-57)93-29-13-9-5-6-10-14-30-94-66-26-18-22-58(46-66)78-74(86)82-62/h17-28,37-48H,5-16,29-36H2,1-4H3,(H2,77,81,85)(H2,78,82,86)(H2,79,83,87)(H2,80,84,88). The van der Waals surface area contributed by atoms with E-state index in [0.29, 0.717) is 162 Å². The lowest BCUT2D eigenvalue weighted by atomic mass is 9.90. The molecule has 2 heterocycles. The maximum absolute atomic E-state index is 14.3. The van der Waals surface area contributed by atoms with E-state index in [1.54, 1.807) is 77.0 Å². The van der Waals surface area contributed by atoms with E-state index in [0.717, 1.165) is 77.0 Å². The minimum Gasteiger partial charge on any atom is -0.496 e. The number of carbonyl (C=O) groups is 4. The molecule has 0 aromatic heterocycles. The maximum atomic E-state index is 14.3. The van der Waals surface area contributed by atoms with Gasteiger partial charge in [-0.3, -0.25) is 0 Å². The summed E-state index contributed by atoms with van der Waals surface area (Å²) in [5.41, 5.74) is 9.03. The fraction of sp³-hybridized carbons (Fsp3) is 0.316. The molecular weight excluding hydrogens is 1220 g/mol. The van der Waals surface area contributed by atoms with E-state index in [1.807, 2.05) is 97.1 Å². The van der Waals surface area contributed by atoms with Gasteiger partial charge in [0.05, 0.1) is 54.9 Å². The molecule has 8 N–H and O–H groups in total. The molecule has 0 unspecified atom stereocenters. The van der Waals surface area contributed by atoms with Crippen LogP contribution in [0.3, 0.4) is 0 Å². The summed E-state index contributed by atoms with van der Waals surface area (Å²) in [7, 11) is 6.38. The predicted molar refractivity (Wildman–Crippen MR) is 377 cm³/mol. The second kappa shape index (κ2) is 32.9. The van der Waals surface area contributed by atoms with Gasteiger partial charge in [-0.15, -0.1) is 0 Å². The molecule has 3 aliphatic rings. The van der Waals surface area contributed by atoms with Crippen LogP contribution in [0.1, 0.15) is 122 Å². The number of hydrogen-bond acceptors (Lipinski definition) is 12. The van der Waals surface area contributed by atoms with Crippen LogP contribution in [-0.2, 0) is 25.7 Å². The number of fused-ring (bicyclic) bond motifs is 16. The predicted octanol–water partition coefficient (Wildman–Crippen LogP) is 17.2. The molecule has 0 radical (unpaired) electrons. The number of hydrogen-bond donors (Lipinski definition) is 8. The molecule has 500 valence electrons. The first-order valence-electron chi connectivity index (χ1n) is 33.0. The molecule has 1 aliphatic carbocycles. The van der Waals surface area contributed by atoms with Crippen LogP contribution in [0.25, 0.3) is 0 Å². The van der Waals surface area contributed by atoms with Crippen molar-refractivity contribution in [3.8, 4) is 46.0 Å². The average Bonchev–Trinajstić information content (AvgIpc) is 0.785. The Morgan fingerprint density at radius 3 is 0.635 bits per heavy atom. The van der Waals surface area contributed by atoms with Gasteiger partial charge in [0.15, 0.2) is 0 Å². The van der Waals surface area contributed by atoms with Crippen molar-refractivity contribution in [3.63, 3.8) is 0 Å². The summed E-state index contributed by atoms with van der Waals surface area (Å²) in [5, 5.41) is 24.5. The Hall–Kier alpha value is -10.8. The highest BCUT2D eigenvalue weighted by Crippen LogP contribution is 2.43. The highest BCUT2D eigenvalue weighted by Gasteiger charge is 2.26. The molecular formula is C76H84N8O12. The first-order valence-corrected chi connectivity index (χ1v) is 33.0. The molecule has 0 saturated carbocycles. The lowest BCUT2D eigenvalue weighted by Crippen LogP contribution is -2.20. The zero-order valence-corrected chi connectivity index (χ0v) is 54.9. The van der Waals surface area contributed by atoms with Gasteiger partial charge in [0.2, 0.25) is 0 Å². The number of urea groups is 4. The van der Waals surface area contributed by atoms with Crippen molar-refractivity contribution in [3.05, 3.63) is 190 Å². The first kappa shape index (κ1) is 66.7. The van der Waals surface area contributed by atoms with Gasteiger partial charge in [-0.25, -0.2) is 19.2 Å². The van der Waals surface area contributed by atoms with Gasteiger partial charge < -0.3 is 80.4 Å².